The summed E-state index contributed by atoms with van der Waals surface area (Å²) in [6.45, 7) is 2.64. The number of aromatic nitrogens is 4. The molecule has 1 saturated carbocycles. The van der Waals surface area contributed by atoms with Gasteiger partial charge in [-0.2, -0.15) is 10.4 Å². The van der Waals surface area contributed by atoms with Crippen molar-refractivity contribution in [3.8, 4) is 6.07 Å². The van der Waals surface area contributed by atoms with Crippen LogP contribution in [0.25, 0.3) is 0 Å². The largest absolute Gasteiger partial charge is 0.367 e. The van der Waals surface area contributed by atoms with Crippen molar-refractivity contribution in [2.24, 2.45) is 0 Å². The first kappa shape index (κ1) is 15.1. The van der Waals surface area contributed by atoms with Gasteiger partial charge < -0.3 is 10.1 Å². The van der Waals surface area contributed by atoms with Gasteiger partial charge in [-0.3, -0.25) is 5.10 Å². The fraction of sp³-hybridized carbons (Fsp3) is 0.529. The monoisotopic (exact) mass is 324 g/mol. The van der Waals surface area contributed by atoms with Gasteiger partial charge in [0.05, 0.1) is 6.10 Å². The van der Waals surface area contributed by atoms with Gasteiger partial charge in [0.15, 0.2) is 11.6 Å². The minimum absolute atomic E-state index is 0.00343. The zero-order valence-electron chi connectivity index (χ0n) is 13.6. The Kier molecular flexibility index (Phi) is 3.90. The van der Waals surface area contributed by atoms with Crippen molar-refractivity contribution in [3.05, 3.63) is 35.0 Å². The lowest BCUT2D eigenvalue weighted by atomic mass is 10.2. The number of H-pyrrole nitrogens is 1. The molecule has 7 heteroatoms. The van der Waals surface area contributed by atoms with Gasteiger partial charge in [0, 0.05) is 12.5 Å². The molecule has 7 nitrogen and oxygen atoms in total. The van der Waals surface area contributed by atoms with Gasteiger partial charge in [0.1, 0.15) is 23.7 Å². The fourth-order valence-electron chi connectivity index (χ4n) is 2.99. The SMILES string of the molecule is Cc1ccc(C#N)nc1NC[C@H]1CC[C@@H](c2nc(C3CC3)n[nH]2)O1. The second kappa shape index (κ2) is 6.21. The van der Waals surface area contributed by atoms with E-state index in [9.17, 15) is 0 Å². The van der Waals surface area contributed by atoms with E-state index in [0.717, 1.165) is 35.9 Å². The fourth-order valence-corrected chi connectivity index (χ4v) is 2.99. The topological polar surface area (TPSA) is 99.5 Å². The zero-order valence-corrected chi connectivity index (χ0v) is 13.6. The predicted molar refractivity (Wildman–Crippen MR) is 87.4 cm³/mol. The van der Waals surface area contributed by atoms with E-state index in [-0.39, 0.29) is 12.2 Å². The van der Waals surface area contributed by atoms with E-state index in [1.807, 2.05) is 13.0 Å². The summed E-state index contributed by atoms with van der Waals surface area (Å²) < 4.78 is 6.09. The summed E-state index contributed by atoms with van der Waals surface area (Å²) >= 11 is 0. The molecule has 0 bridgehead atoms. The Bertz CT molecular complexity index is 776. The Hall–Kier alpha value is -2.46. The Balaban J connectivity index is 1.34. The summed E-state index contributed by atoms with van der Waals surface area (Å²) in [4.78, 5) is 8.89. The van der Waals surface area contributed by atoms with Crippen LogP contribution in [0.2, 0.25) is 0 Å². The van der Waals surface area contributed by atoms with E-state index < -0.39 is 0 Å². The third kappa shape index (κ3) is 3.10. The van der Waals surface area contributed by atoms with Crippen molar-refractivity contribution < 1.29 is 4.74 Å². The molecule has 24 heavy (non-hydrogen) atoms. The van der Waals surface area contributed by atoms with Gasteiger partial charge in [0.25, 0.3) is 0 Å². The van der Waals surface area contributed by atoms with Crippen LogP contribution in [0.5, 0.6) is 0 Å². The minimum Gasteiger partial charge on any atom is -0.367 e. The molecule has 124 valence electrons. The van der Waals surface area contributed by atoms with E-state index in [0.29, 0.717) is 18.2 Å². The molecule has 4 rings (SSSR count). The second-order valence-corrected chi connectivity index (χ2v) is 6.53. The maximum Gasteiger partial charge on any atom is 0.153 e. The lowest BCUT2D eigenvalue weighted by molar-refractivity contribution is 0.0471. The molecular weight excluding hydrogens is 304 g/mol. The lowest BCUT2D eigenvalue weighted by Crippen LogP contribution is -2.20. The minimum atomic E-state index is -0.00343. The number of hydrogen-bond acceptors (Lipinski definition) is 6. The molecule has 1 aliphatic heterocycles. The van der Waals surface area contributed by atoms with E-state index in [4.69, 9.17) is 10.00 Å². The normalized spacial score (nSPS) is 23.2. The van der Waals surface area contributed by atoms with Crippen LogP contribution >= 0.6 is 0 Å². The number of nitrogens with zero attached hydrogens (tertiary/aromatic N) is 4. The van der Waals surface area contributed by atoms with Crippen molar-refractivity contribution in [2.45, 2.75) is 50.7 Å². The summed E-state index contributed by atoms with van der Waals surface area (Å²) in [6, 6.07) is 5.69. The van der Waals surface area contributed by atoms with Crippen molar-refractivity contribution in [1.29, 1.82) is 5.26 Å². The highest BCUT2D eigenvalue weighted by Crippen LogP contribution is 2.39. The predicted octanol–water partition coefficient (Wildman–Crippen LogP) is 2.59. The van der Waals surface area contributed by atoms with Crippen molar-refractivity contribution in [1.82, 2.24) is 20.2 Å². The van der Waals surface area contributed by atoms with Gasteiger partial charge in [0.2, 0.25) is 0 Å². The molecule has 2 fully saturated rings. The van der Waals surface area contributed by atoms with Crippen LogP contribution in [0.1, 0.15) is 60.6 Å². The standard InChI is InChI=1S/C17H20N6O/c1-10-2-5-12(8-18)20-15(10)19-9-13-6-7-14(24-13)17-21-16(22-23-17)11-3-4-11/h2,5,11,13-14H,3-4,6-7,9H2,1H3,(H,19,20)(H,21,22,23)/t13-,14+/m1/s1. The van der Waals surface area contributed by atoms with E-state index in [2.05, 4.69) is 31.6 Å². The Labute approximate surface area is 140 Å². The van der Waals surface area contributed by atoms with Gasteiger partial charge in [-0.25, -0.2) is 9.97 Å². The molecule has 1 saturated heterocycles. The highest BCUT2D eigenvalue weighted by molar-refractivity contribution is 5.46. The molecule has 0 amide bonds. The number of aromatic amines is 1. The molecule has 2 aromatic rings. The van der Waals surface area contributed by atoms with Crippen LogP contribution < -0.4 is 5.32 Å². The summed E-state index contributed by atoms with van der Waals surface area (Å²) in [6.07, 6.45) is 4.41. The molecule has 2 aliphatic rings. The van der Waals surface area contributed by atoms with Gasteiger partial charge >= 0.3 is 0 Å². The molecule has 2 N–H and O–H groups in total. The Morgan fingerprint density at radius 3 is 2.96 bits per heavy atom. The number of anilines is 1. The van der Waals surface area contributed by atoms with Crippen LogP contribution in [0.15, 0.2) is 12.1 Å². The van der Waals surface area contributed by atoms with Crippen LogP contribution in [-0.4, -0.2) is 32.8 Å². The maximum absolute atomic E-state index is 8.96. The number of ether oxygens (including phenoxy) is 1. The highest BCUT2D eigenvalue weighted by Gasteiger charge is 2.32. The quantitative estimate of drug-likeness (QED) is 0.877. The number of pyridine rings is 1. The van der Waals surface area contributed by atoms with Gasteiger partial charge in [-0.15, -0.1) is 0 Å². The molecule has 3 heterocycles. The van der Waals surface area contributed by atoms with Crippen molar-refractivity contribution in [3.63, 3.8) is 0 Å². The number of aryl methyl sites for hydroxylation is 1. The lowest BCUT2D eigenvalue weighted by Gasteiger charge is -2.14. The molecule has 2 atom stereocenters. The first-order valence-electron chi connectivity index (χ1n) is 8.42. The van der Waals surface area contributed by atoms with Gasteiger partial charge in [-0.05, 0) is 44.2 Å². The summed E-state index contributed by atoms with van der Waals surface area (Å²) in [5, 5.41) is 19.6. The molecular formula is C17H20N6O. The maximum atomic E-state index is 8.96. The molecule has 0 radical (unpaired) electrons. The number of rotatable bonds is 5. The number of nitrogens with one attached hydrogen (secondary N) is 2. The van der Waals surface area contributed by atoms with Crippen LogP contribution in [-0.2, 0) is 4.74 Å². The van der Waals surface area contributed by atoms with Crippen molar-refractivity contribution >= 4 is 5.82 Å². The molecule has 0 unspecified atom stereocenters. The summed E-state index contributed by atoms with van der Waals surface area (Å²) in [5.74, 6) is 3.08. The third-order valence-electron chi connectivity index (χ3n) is 4.58. The van der Waals surface area contributed by atoms with Crippen LogP contribution in [0, 0.1) is 18.3 Å². The number of hydrogen-bond donors (Lipinski definition) is 2. The highest BCUT2D eigenvalue weighted by atomic mass is 16.5. The van der Waals surface area contributed by atoms with E-state index >= 15 is 0 Å². The molecule has 0 aromatic carbocycles. The average molecular weight is 324 g/mol. The Morgan fingerprint density at radius 2 is 2.17 bits per heavy atom. The van der Waals surface area contributed by atoms with Gasteiger partial charge in [-0.1, -0.05) is 6.07 Å². The van der Waals surface area contributed by atoms with E-state index in [1.165, 1.54) is 12.8 Å². The summed E-state index contributed by atoms with van der Waals surface area (Å²) in [7, 11) is 0. The first-order valence-corrected chi connectivity index (χ1v) is 8.42. The first-order chi connectivity index (χ1) is 11.7. The Morgan fingerprint density at radius 1 is 1.29 bits per heavy atom. The summed E-state index contributed by atoms with van der Waals surface area (Å²) in [5.41, 5.74) is 1.44. The molecule has 2 aromatic heterocycles. The van der Waals surface area contributed by atoms with Crippen molar-refractivity contribution in [2.75, 3.05) is 11.9 Å². The average Bonchev–Trinajstić information content (AvgIpc) is 3.14. The molecule has 0 spiro atoms. The number of nitriles is 1. The second-order valence-electron chi connectivity index (χ2n) is 6.53. The van der Waals surface area contributed by atoms with E-state index in [1.54, 1.807) is 6.07 Å². The van der Waals surface area contributed by atoms with Crippen LogP contribution in [0.3, 0.4) is 0 Å². The molecule has 1 aliphatic carbocycles. The zero-order chi connectivity index (χ0) is 16.5. The third-order valence-corrected chi connectivity index (χ3v) is 4.58. The smallest absolute Gasteiger partial charge is 0.153 e. The van der Waals surface area contributed by atoms with Crippen LogP contribution in [0.4, 0.5) is 5.82 Å².